The minimum atomic E-state index is -0.342. The van der Waals surface area contributed by atoms with Crippen LogP contribution in [0.4, 0.5) is 0 Å². The van der Waals surface area contributed by atoms with Crippen molar-refractivity contribution < 1.29 is 14.3 Å². The molecule has 158 valence electrons. The van der Waals surface area contributed by atoms with Gasteiger partial charge in [-0.25, -0.2) is 0 Å². The lowest BCUT2D eigenvalue weighted by atomic mass is 9.96. The van der Waals surface area contributed by atoms with Gasteiger partial charge in [0.05, 0.1) is 6.54 Å². The number of benzene rings is 2. The largest absolute Gasteiger partial charge is 0.484 e. The van der Waals surface area contributed by atoms with Crippen molar-refractivity contribution in [2.24, 2.45) is 0 Å². The van der Waals surface area contributed by atoms with Crippen LogP contribution in [0.2, 0.25) is 0 Å². The number of carbonyl (C=O) groups is 2. The third-order valence-corrected chi connectivity index (χ3v) is 5.93. The molecular weight excluding hydrogens is 410 g/mol. The summed E-state index contributed by atoms with van der Waals surface area (Å²) < 4.78 is 5.39. The van der Waals surface area contributed by atoms with Gasteiger partial charge in [-0.3, -0.25) is 9.59 Å². The van der Waals surface area contributed by atoms with Gasteiger partial charge in [-0.2, -0.15) is 0 Å². The second-order valence-electron chi connectivity index (χ2n) is 7.04. The van der Waals surface area contributed by atoms with E-state index in [1.165, 1.54) is 4.88 Å². The molecule has 0 spiro atoms. The number of fused-ring (bicyclic) bond motifs is 1. The molecule has 3 N–H and O–H groups in total. The molecule has 0 bridgehead atoms. The number of ether oxygens (including phenoxy) is 1. The summed E-state index contributed by atoms with van der Waals surface area (Å²) in [7, 11) is 0. The smallest absolute Gasteiger partial charge is 0.258 e. The highest BCUT2D eigenvalue weighted by Crippen LogP contribution is 2.32. The number of para-hydroxylation sites is 2. The number of hydrogen-bond acceptors (Lipinski definition) is 4. The van der Waals surface area contributed by atoms with Crippen molar-refractivity contribution in [1.82, 2.24) is 15.6 Å². The molecule has 0 aliphatic carbocycles. The van der Waals surface area contributed by atoms with Crippen LogP contribution in [0, 0.1) is 0 Å². The van der Waals surface area contributed by atoms with Crippen molar-refractivity contribution in [1.29, 1.82) is 0 Å². The Bertz CT molecular complexity index is 1140. The predicted octanol–water partition coefficient (Wildman–Crippen LogP) is 3.67. The van der Waals surface area contributed by atoms with Crippen LogP contribution in [-0.2, 0) is 9.59 Å². The minimum Gasteiger partial charge on any atom is -0.484 e. The summed E-state index contributed by atoms with van der Waals surface area (Å²) in [4.78, 5) is 28.8. The van der Waals surface area contributed by atoms with Crippen molar-refractivity contribution in [2.45, 2.75) is 5.92 Å². The number of hydrogen-bond donors (Lipinski definition) is 3. The SMILES string of the molecule is O=C(CNC(=O)COc1ccccc1)NCC(c1cccs1)c1c[nH]c2ccccc12. The lowest BCUT2D eigenvalue weighted by Crippen LogP contribution is -2.40. The number of H-pyrrole nitrogens is 1. The quantitative estimate of drug-likeness (QED) is 0.377. The highest BCUT2D eigenvalue weighted by Gasteiger charge is 2.20. The molecule has 2 amide bonds. The molecule has 0 saturated carbocycles. The molecule has 0 fully saturated rings. The first-order valence-electron chi connectivity index (χ1n) is 10.0. The summed E-state index contributed by atoms with van der Waals surface area (Å²) in [5.74, 6) is 0.0525. The van der Waals surface area contributed by atoms with Gasteiger partial charge in [0, 0.05) is 34.4 Å². The number of amides is 2. The van der Waals surface area contributed by atoms with Crippen molar-refractivity contribution in [3.8, 4) is 5.75 Å². The summed E-state index contributed by atoms with van der Waals surface area (Å²) in [6, 6.07) is 21.3. The molecule has 0 aliphatic rings. The van der Waals surface area contributed by atoms with E-state index in [-0.39, 0.29) is 30.9 Å². The molecule has 4 aromatic rings. The van der Waals surface area contributed by atoms with Crippen LogP contribution in [-0.4, -0.2) is 36.5 Å². The summed E-state index contributed by atoms with van der Waals surface area (Å²) in [6.45, 7) is 0.212. The first kappa shape index (κ1) is 20.7. The molecule has 31 heavy (non-hydrogen) atoms. The monoisotopic (exact) mass is 433 g/mol. The standard InChI is InChI=1S/C24H23N3O3S/c28-23(15-27-24(29)16-30-17-7-2-1-3-8-17)26-14-20(22-11-6-12-31-22)19-13-25-21-10-5-4-9-18(19)21/h1-13,20,25H,14-16H2,(H,26,28)(H,27,29). The molecular formula is C24H23N3O3S. The van der Waals surface area contributed by atoms with Gasteiger partial charge in [0.15, 0.2) is 6.61 Å². The van der Waals surface area contributed by atoms with E-state index >= 15 is 0 Å². The second kappa shape index (κ2) is 9.95. The zero-order valence-corrected chi connectivity index (χ0v) is 17.7. The third-order valence-electron chi connectivity index (χ3n) is 4.95. The van der Waals surface area contributed by atoms with E-state index in [1.807, 2.05) is 54.0 Å². The van der Waals surface area contributed by atoms with Gasteiger partial charge < -0.3 is 20.4 Å². The Hall–Kier alpha value is -3.58. The van der Waals surface area contributed by atoms with E-state index in [9.17, 15) is 9.59 Å². The van der Waals surface area contributed by atoms with Gasteiger partial charge in [-0.1, -0.05) is 42.5 Å². The molecule has 0 aliphatic heterocycles. The number of rotatable bonds is 9. The molecule has 2 heterocycles. The van der Waals surface area contributed by atoms with Crippen LogP contribution < -0.4 is 15.4 Å². The van der Waals surface area contributed by atoms with Crippen molar-refractivity contribution in [2.75, 3.05) is 19.7 Å². The zero-order chi connectivity index (χ0) is 21.5. The van der Waals surface area contributed by atoms with Gasteiger partial charge in [-0.15, -0.1) is 11.3 Å². The molecule has 6 nitrogen and oxygen atoms in total. The lowest BCUT2D eigenvalue weighted by Gasteiger charge is -2.16. The van der Waals surface area contributed by atoms with Crippen molar-refractivity contribution in [3.63, 3.8) is 0 Å². The van der Waals surface area contributed by atoms with Crippen LogP contribution in [0.25, 0.3) is 10.9 Å². The maximum Gasteiger partial charge on any atom is 0.258 e. The van der Waals surface area contributed by atoms with Crippen LogP contribution in [0.1, 0.15) is 16.4 Å². The normalized spacial score (nSPS) is 11.7. The van der Waals surface area contributed by atoms with Gasteiger partial charge in [0.1, 0.15) is 5.75 Å². The summed E-state index contributed by atoms with van der Waals surface area (Å²) in [5.41, 5.74) is 2.20. The molecule has 0 saturated heterocycles. The van der Waals surface area contributed by atoms with Crippen LogP contribution in [0.15, 0.2) is 78.3 Å². The molecule has 1 atom stereocenters. The Labute approximate surface area is 184 Å². The highest BCUT2D eigenvalue weighted by molar-refractivity contribution is 7.10. The van der Waals surface area contributed by atoms with Gasteiger partial charge >= 0.3 is 0 Å². The second-order valence-corrected chi connectivity index (χ2v) is 8.02. The molecule has 0 radical (unpaired) electrons. The number of nitrogens with one attached hydrogen (secondary N) is 3. The fourth-order valence-corrected chi connectivity index (χ4v) is 4.26. The summed E-state index contributed by atoms with van der Waals surface area (Å²) in [5, 5.41) is 8.72. The first-order valence-corrected chi connectivity index (χ1v) is 10.9. The number of carbonyl (C=O) groups excluding carboxylic acids is 2. The van der Waals surface area contributed by atoms with Crippen LogP contribution >= 0.6 is 11.3 Å². The molecule has 1 unspecified atom stereocenters. The zero-order valence-electron chi connectivity index (χ0n) is 16.8. The molecule has 2 aromatic heterocycles. The topological polar surface area (TPSA) is 83.2 Å². The summed E-state index contributed by atoms with van der Waals surface area (Å²) >= 11 is 1.66. The number of aromatic nitrogens is 1. The average molecular weight is 434 g/mol. The Morgan fingerprint density at radius 3 is 2.55 bits per heavy atom. The fraction of sp³-hybridized carbons (Fsp3) is 0.167. The Kier molecular flexibility index (Phi) is 6.64. The van der Waals surface area contributed by atoms with E-state index in [2.05, 4.69) is 27.8 Å². The Morgan fingerprint density at radius 1 is 0.935 bits per heavy atom. The van der Waals surface area contributed by atoms with Crippen LogP contribution in [0.3, 0.4) is 0 Å². The number of thiophene rings is 1. The highest BCUT2D eigenvalue weighted by atomic mass is 32.1. The lowest BCUT2D eigenvalue weighted by molar-refractivity contribution is -0.127. The maximum absolute atomic E-state index is 12.4. The van der Waals surface area contributed by atoms with E-state index in [0.29, 0.717) is 12.3 Å². The van der Waals surface area contributed by atoms with Crippen molar-refractivity contribution in [3.05, 3.63) is 88.7 Å². The van der Waals surface area contributed by atoms with Gasteiger partial charge in [0.2, 0.25) is 5.91 Å². The summed E-state index contributed by atoms with van der Waals surface area (Å²) in [6.07, 6.45) is 2.00. The van der Waals surface area contributed by atoms with Gasteiger partial charge in [-0.05, 0) is 35.2 Å². The molecule has 2 aromatic carbocycles. The minimum absolute atomic E-state index is 0.0252. The van der Waals surface area contributed by atoms with E-state index in [0.717, 1.165) is 16.5 Å². The van der Waals surface area contributed by atoms with E-state index in [4.69, 9.17) is 4.74 Å². The van der Waals surface area contributed by atoms with Crippen molar-refractivity contribution >= 4 is 34.1 Å². The molecule has 4 rings (SSSR count). The first-order chi connectivity index (χ1) is 15.2. The van der Waals surface area contributed by atoms with Crippen LogP contribution in [0.5, 0.6) is 5.75 Å². The number of aromatic amines is 1. The van der Waals surface area contributed by atoms with E-state index < -0.39 is 0 Å². The Morgan fingerprint density at radius 2 is 1.74 bits per heavy atom. The van der Waals surface area contributed by atoms with E-state index in [1.54, 1.807) is 23.5 Å². The fourth-order valence-electron chi connectivity index (χ4n) is 3.41. The predicted molar refractivity (Wildman–Crippen MR) is 122 cm³/mol. The Balaban J connectivity index is 1.32. The average Bonchev–Trinajstić information content (AvgIpc) is 3.48. The third kappa shape index (κ3) is 5.32. The molecule has 7 heteroatoms. The maximum atomic E-state index is 12.4. The van der Waals surface area contributed by atoms with Gasteiger partial charge in [0.25, 0.3) is 5.91 Å².